The van der Waals surface area contributed by atoms with Crippen LogP contribution in [0.4, 0.5) is 0 Å². The number of hydrogen-bond donors (Lipinski definition) is 0. The molecule has 4 heteroatoms. The summed E-state index contributed by atoms with van der Waals surface area (Å²) in [5.41, 5.74) is 5.53. The van der Waals surface area contributed by atoms with Gasteiger partial charge < -0.3 is 0 Å². The molecule has 0 atom stereocenters. The van der Waals surface area contributed by atoms with Crippen molar-refractivity contribution in [3.63, 3.8) is 0 Å². The molecule has 0 radical (unpaired) electrons. The summed E-state index contributed by atoms with van der Waals surface area (Å²) in [7, 11) is 0. The molecule has 1 saturated carbocycles. The first-order valence-electron chi connectivity index (χ1n) is 9.77. The van der Waals surface area contributed by atoms with E-state index in [0.29, 0.717) is 23.7 Å². The number of H-pyrrole nitrogens is 4. The van der Waals surface area contributed by atoms with Crippen molar-refractivity contribution in [2.45, 2.75) is 23.7 Å². The number of nitrogens with one attached hydrogen (secondary N) is 4. The number of pyridine rings is 4. The minimum Gasteiger partial charge on any atom is -0.218 e. The van der Waals surface area contributed by atoms with Crippen LogP contribution in [0.3, 0.4) is 0 Å². The molecule has 0 bridgehead atoms. The lowest BCUT2D eigenvalue weighted by Gasteiger charge is -2.53. The third kappa shape index (κ3) is 2.87. The fourth-order valence-corrected chi connectivity index (χ4v) is 4.89. The van der Waals surface area contributed by atoms with E-state index in [1.165, 1.54) is 22.3 Å². The highest BCUT2D eigenvalue weighted by Gasteiger charge is 2.53. The van der Waals surface area contributed by atoms with Crippen LogP contribution in [0, 0.1) is 0 Å². The molecule has 1 fully saturated rings. The molecule has 4 aromatic heterocycles. The van der Waals surface area contributed by atoms with Gasteiger partial charge >= 0.3 is 0 Å². The van der Waals surface area contributed by atoms with Gasteiger partial charge in [0.25, 0.3) is 0 Å². The van der Waals surface area contributed by atoms with E-state index in [9.17, 15) is 0 Å². The Morgan fingerprint density at radius 3 is 0.679 bits per heavy atom. The molecule has 5 rings (SSSR count). The summed E-state index contributed by atoms with van der Waals surface area (Å²) >= 11 is 0. The topological polar surface area (TPSA) is 56.6 Å². The maximum absolute atomic E-state index is 3.17. The molecule has 28 heavy (non-hydrogen) atoms. The van der Waals surface area contributed by atoms with Crippen LogP contribution in [0.2, 0.25) is 0 Å². The van der Waals surface area contributed by atoms with Crippen molar-refractivity contribution in [2.75, 3.05) is 0 Å². The van der Waals surface area contributed by atoms with Crippen molar-refractivity contribution in [3.05, 3.63) is 120 Å². The second-order valence-corrected chi connectivity index (χ2v) is 7.44. The maximum Gasteiger partial charge on any atom is 0.167 e. The van der Waals surface area contributed by atoms with E-state index >= 15 is 0 Å². The van der Waals surface area contributed by atoms with E-state index in [4.69, 9.17) is 0 Å². The third-order valence-electron chi connectivity index (χ3n) is 6.06. The van der Waals surface area contributed by atoms with Crippen LogP contribution in [0.5, 0.6) is 0 Å². The normalized spacial score (nSPS) is 23.7. The number of aromatic nitrogens is 4. The Kier molecular flexibility index (Phi) is 4.37. The van der Waals surface area contributed by atoms with Gasteiger partial charge in [0.15, 0.2) is 49.6 Å². The largest absolute Gasteiger partial charge is 0.218 e. The van der Waals surface area contributed by atoms with Crippen LogP contribution in [-0.4, -0.2) is 0 Å². The molecule has 136 valence electrons. The SMILES string of the molecule is c1cc(C2C(c3cc[nH+]cc3)C(c3cc[nH+]cc3)C2c2cc[nH+]cc2)cc[nH+]1. The molecule has 4 heterocycles. The summed E-state index contributed by atoms with van der Waals surface area (Å²) in [5.74, 6) is 1.70. The Hall–Kier alpha value is -3.40. The molecule has 0 aliphatic heterocycles. The van der Waals surface area contributed by atoms with E-state index < -0.39 is 0 Å². The predicted molar refractivity (Wildman–Crippen MR) is 103 cm³/mol. The van der Waals surface area contributed by atoms with Crippen LogP contribution in [-0.2, 0) is 0 Å². The summed E-state index contributed by atoms with van der Waals surface area (Å²) in [6, 6.07) is 17.8. The molecule has 1 aliphatic carbocycles. The molecule has 0 amide bonds. The van der Waals surface area contributed by atoms with Crippen molar-refractivity contribution in [2.24, 2.45) is 0 Å². The van der Waals surface area contributed by atoms with Gasteiger partial charge in [-0.2, -0.15) is 0 Å². The smallest absolute Gasteiger partial charge is 0.167 e. The quantitative estimate of drug-likeness (QED) is 0.531. The second-order valence-electron chi connectivity index (χ2n) is 7.44. The monoisotopic (exact) mass is 368 g/mol. The third-order valence-corrected chi connectivity index (χ3v) is 6.06. The molecule has 4 N–H and O–H groups in total. The van der Waals surface area contributed by atoms with Gasteiger partial charge in [0.05, 0.1) is 0 Å². The van der Waals surface area contributed by atoms with Gasteiger partial charge in [-0.05, 0) is 45.9 Å². The Morgan fingerprint density at radius 2 is 0.500 bits per heavy atom. The molecular formula is C24H24N4+4. The van der Waals surface area contributed by atoms with Gasteiger partial charge in [0, 0.05) is 48.5 Å². The summed E-state index contributed by atoms with van der Waals surface area (Å²) in [6.07, 6.45) is 16.3. The number of rotatable bonds is 4. The van der Waals surface area contributed by atoms with Crippen molar-refractivity contribution in [3.8, 4) is 0 Å². The molecule has 0 aromatic carbocycles. The van der Waals surface area contributed by atoms with Crippen molar-refractivity contribution in [1.82, 2.24) is 0 Å². The highest BCUT2D eigenvalue weighted by atomic mass is 14.7. The van der Waals surface area contributed by atoms with Crippen LogP contribution in [0.1, 0.15) is 45.9 Å². The van der Waals surface area contributed by atoms with Gasteiger partial charge in [-0.15, -0.1) is 0 Å². The number of hydrogen-bond acceptors (Lipinski definition) is 0. The Bertz CT molecular complexity index is 841. The Labute approximate surface area is 164 Å². The molecular weight excluding hydrogens is 344 g/mol. The van der Waals surface area contributed by atoms with Gasteiger partial charge in [0.2, 0.25) is 0 Å². The van der Waals surface area contributed by atoms with E-state index in [2.05, 4.69) is 68.5 Å². The van der Waals surface area contributed by atoms with E-state index in [1.807, 2.05) is 49.6 Å². The highest BCUT2D eigenvalue weighted by molar-refractivity contribution is 5.46. The van der Waals surface area contributed by atoms with E-state index in [0.717, 1.165) is 0 Å². The molecule has 1 aliphatic rings. The lowest BCUT2D eigenvalue weighted by molar-refractivity contribution is -0.378. The fraction of sp³-hybridized carbons (Fsp3) is 0.167. The average molecular weight is 368 g/mol. The van der Waals surface area contributed by atoms with Gasteiger partial charge in [-0.3, -0.25) is 0 Å². The first-order valence-corrected chi connectivity index (χ1v) is 9.77. The zero-order valence-electron chi connectivity index (χ0n) is 15.5. The van der Waals surface area contributed by atoms with Crippen LogP contribution < -0.4 is 19.9 Å². The Morgan fingerprint density at radius 1 is 0.321 bits per heavy atom. The zero-order valence-corrected chi connectivity index (χ0v) is 15.5. The lowest BCUT2D eigenvalue weighted by atomic mass is 9.49. The van der Waals surface area contributed by atoms with Crippen molar-refractivity contribution in [1.29, 1.82) is 0 Å². The van der Waals surface area contributed by atoms with Crippen LogP contribution in [0.25, 0.3) is 0 Å². The lowest BCUT2D eigenvalue weighted by Crippen LogP contribution is -2.40. The summed E-state index contributed by atoms with van der Waals surface area (Å²) in [6.45, 7) is 0. The first kappa shape index (κ1) is 16.8. The predicted octanol–water partition coefficient (Wildman–Crippen LogP) is 2.39. The maximum atomic E-state index is 3.17. The second kappa shape index (κ2) is 7.31. The van der Waals surface area contributed by atoms with Crippen molar-refractivity contribution < 1.29 is 19.9 Å². The van der Waals surface area contributed by atoms with Crippen molar-refractivity contribution >= 4 is 0 Å². The Balaban J connectivity index is 1.67. The summed E-state index contributed by atoms with van der Waals surface area (Å²) < 4.78 is 0. The molecule has 0 unspecified atom stereocenters. The average Bonchev–Trinajstić information content (AvgIpc) is 2.76. The van der Waals surface area contributed by atoms with Crippen LogP contribution in [0.15, 0.2) is 98.1 Å². The standard InChI is InChI=1S/C24H20N4/c1-9-25-10-2-17(1)21-22(18-3-11-26-12-4-18)24(20-7-15-28-16-8-20)23(21)19-5-13-27-14-6-19/h1-16,21-24H/p+4. The number of aromatic amines is 4. The molecule has 0 spiro atoms. The van der Waals surface area contributed by atoms with Gasteiger partial charge in [-0.25, -0.2) is 19.9 Å². The fourth-order valence-electron chi connectivity index (χ4n) is 4.89. The van der Waals surface area contributed by atoms with Gasteiger partial charge in [-0.1, -0.05) is 0 Å². The first-order chi connectivity index (χ1) is 13.9. The van der Waals surface area contributed by atoms with Crippen LogP contribution >= 0.6 is 0 Å². The van der Waals surface area contributed by atoms with E-state index in [-0.39, 0.29) is 0 Å². The van der Waals surface area contributed by atoms with Gasteiger partial charge in [0.1, 0.15) is 0 Å². The molecule has 0 saturated heterocycles. The summed E-state index contributed by atoms with van der Waals surface area (Å²) in [4.78, 5) is 12.7. The molecule has 4 aromatic rings. The summed E-state index contributed by atoms with van der Waals surface area (Å²) in [5, 5.41) is 0. The minimum absolute atomic E-state index is 0.425. The highest BCUT2D eigenvalue weighted by Crippen LogP contribution is 2.66. The zero-order chi connectivity index (χ0) is 18.8. The van der Waals surface area contributed by atoms with E-state index in [1.54, 1.807) is 0 Å². The minimum atomic E-state index is 0.425. The molecule has 4 nitrogen and oxygen atoms in total.